The minimum atomic E-state index is 0.432. The molecule has 0 bridgehead atoms. The molecular weight excluding hydrogens is 262 g/mol. The van der Waals surface area contributed by atoms with E-state index in [0.29, 0.717) is 17.5 Å². The van der Waals surface area contributed by atoms with E-state index in [2.05, 4.69) is 22.4 Å². The van der Waals surface area contributed by atoms with Gasteiger partial charge in [0.05, 0.1) is 5.69 Å². The Bertz CT molecular complexity index is 516. The standard InChI is InChI=1S/C14H16ClN3O/c1-2-16-9-13-6-7-14(18-17-13)19-10-11-4-3-5-12(15)8-11/h3-8,16H,2,9-10H2,1H3. The second-order valence-electron chi connectivity index (χ2n) is 4.06. The molecule has 0 spiro atoms. The Morgan fingerprint density at radius 3 is 2.79 bits per heavy atom. The van der Waals surface area contributed by atoms with Gasteiger partial charge in [-0.2, -0.15) is 5.10 Å². The molecule has 0 aliphatic heterocycles. The van der Waals surface area contributed by atoms with Gasteiger partial charge in [0.25, 0.3) is 0 Å². The van der Waals surface area contributed by atoms with Crippen LogP contribution in [0.2, 0.25) is 5.02 Å². The number of aromatic nitrogens is 2. The van der Waals surface area contributed by atoms with Gasteiger partial charge in [0, 0.05) is 17.6 Å². The van der Waals surface area contributed by atoms with Crippen LogP contribution in [0.25, 0.3) is 0 Å². The molecule has 0 amide bonds. The Hall–Kier alpha value is -1.65. The van der Waals surface area contributed by atoms with Gasteiger partial charge in [0.1, 0.15) is 6.61 Å². The molecule has 0 unspecified atom stereocenters. The number of hydrogen-bond acceptors (Lipinski definition) is 4. The first-order chi connectivity index (χ1) is 9.28. The van der Waals surface area contributed by atoms with Gasteiger partial charge in [-0.25, -0.2) is 0 Å². The van der Waals surface area contributed by atoms with Gasteiger partial charge in [-0.3, -0.25) is 0 Å². The Labute approximate surface area is 117 Å². The van der Waals surface area contributed by atoms with Crippen molar-refractivity contribution in [2.45, 2.75) is 20.1 Å². The van der Waals surface area contributed by atoms with E-state index in [1.807, 2.05) is 36.4 Å². The summed E-state index contributed by atoms with van der Waals surface area (Å²) in [4.78, 5) is 0. The SMILES string of the molecule is CCNCc1ccc(OCc2cccc(Cl)c2)nn1. The molecule has 100 valence electrons. The summed E-state index contributed by atoms with van der Waals surface area (Å²) >= 11 is 5.91. The lowest BCUT2D eigenvalue weighted by molar-refractivity contribution is 0.289. The van der Waals surface area contributed by atoms with Gasteiger partial charge >= 0.3 is 0 Å². The second kappa shape index (κ2) is 7.07. The zero-order valence-electron chi connectivity index (χ0n) is 10.8. The zero-order chi connectivity index (χ0) is 13.5. The molecule has 2 aromatic rings. The first-order valence-electron chi connectivity index (χ1n) is 6.18. The fraction of sp³-hybridized carbons (Fsp3) is 0.286. The van der Waals surface area contributed by atoms with Crippen LogP contribution in [-0.2, 0) is 13.2 Å². The summed E-state index contributed by atoms with van der Waals surface area (Å²) in [5.74, 6) is 0.514. The van der Waals surface area contributed by atoms with E-state index >= 15 is 0 Å². The summed E-state index contributed by atoms with van der Waals surface area (Å²) in [6, 6.07) is 11.3. The average molecular weight is 278 g/mol. The Morgan fingerprint density at radius 1 is 1.21 bits per heavy atom. The lowest BCUT2D eigenvalue weighted by atomic mass is 10.2. The minimum Gasteiger partial charge on any atom is -0.472 e. The van der Waals surface area contributed by atoms with Crippen LogP contribution >= 0.6 is 11.6 Å². The molecular formula is C14H16ClN3O. The fourth-order valence-electron chi connectivity index (χ4n) is 1.56. The molecule has 4 nitrogen and oxygen atoms in total. The second-order valence-corrected chi connectivity index (χ2v) is 4.50. The topological polar surface area (TPSA) is 47.0 Å². The van der Waals surface area contributed by atoms with Crippen molar-refractivity contribution < 1.29 is 4.74 Å². The molecule has 0 aliphatic carbocycles. The van der Waals surface area contributed by atoms with E-state index in [-0.39, 0.29) is 0 Å². The van der Waals surface area contributed by atoms with Crippen LogP contribution in [0.1, 0.15) is 18.2 Å². The van der Waals surface area contributed by atoms with Crippen molar-refractivity contribution >= 4 is 11.6 Å². The van der Waals surface area contributed by atoms with Gasteiger partial charge in [-0.15, -0.1) is 5.10 Å². The monoisotopic (exact) mass is 277 g/mol. The number of nitrogens with one attached hydrogen (secondary N) is 1. The quantitative estimate of drug-likeness (QED) is 0.882. The molecule has 0 saturated carbocycles. The number of benzene rings is 1. The van der Waals surface area contributed by atoms with Gasteiger partial charge < -0.3 is 10.1 Å². The average Bonchev–Trinajstić information content (AvgIpc) is 2.44. The van der Waals surface area contributed by atoms with Crippen LogP contribution in [-0.4, -0.2) is 16.7 Å². The van der Waals surface area contributed by atoms with Crippen LogP contribution in [0.15, 0.2) is 36.4 Å². The normalized spacial score (nSPS) is 10.4. The highest BCUT2D eigenvalue weighted by atomic mass is 35.5. The predicted octanol–water partition coefficient (Wildman–Crippen LogP) is 2.82. The van der Waals surface area contributed by atoms with Crippen molar-refractivity contribution in [3.63, 3.8) is 0 Å². The number of halogens is 1. The molecule has 2 rings (SSSR count). The highest BCUT2D eigenvalue weighted by Crippen LogP contribution is 2.13. The van der Waals surface area contributed by atoms with Gasteiger partial charge in [-0.05, 0) is 30.3 Å². The van der Waals surface area contributed by atoms with E-state index in [4.69, 9.17) is 16.3 Å². The number of ether oxygens (including phenoxy) is 1. The third kappa shape index (κ3) is 4.50. The van der Waals surface area contributed by atoms with Crippen LogP contribution in [0, 0.1) is 0 Å². The van der Waals surface area contributed by atoms with Crippen LogP contribution in [0.4, 0.5) is 0 Å². The maximum atomic E-state index is 5.91. The van der Waals surface area contributed by atoms with Gasteiger partial charge in [-0.1, -0.05) is 30.7 Å². The lowest BCUT2D eigenvalue weighted by Gasteiger charge is -2.06. The smallest absolute Gasteiger partial charge is 0.233 e. The van der Waals surface area contributed by atoms with Crippen molar-refractivity contribution in [1.29, 1.82) is 0 Å². The predicted molar refractivity (Wildman–Crippen MR) is 75.2 cm³/mol. The largest absolute Gasteiger partial charge is 0.472 e. The summed E-state index contributed by atoms with van der Waals surface area (Å²) in [5.41, 5.74) is 1.91. The van der Waals surface area contributed by atoms with E-state index in [1.165, 1.54) is 0 Å². The van der Waals surface area contributed by atoms with Crippen LogP contribution < -0.4 is 10.1 Å². The molecule has 5 heteroatoms. The molecule has 19 heavy (non-hydrogen) atoms. The van der Waals surface area contributed by atoms with Crippen LogP contribution in [0.5, 0.6) is 5.88 Å². The summed E-state index contributed by atoms with van der Waals surface area (Å²) < 4.78 is 5.55. The molecule has 0 fully saturated rings. The molecule has 0 atom stereocenters. The maximum Gasteiger partial charge on any atom is 0.233 e. The minimum absolute atomic E-state index is 0.432. The van der Waals surface area contributed by atoms with E-state index in [0.717, 1.165) is 24.3 Å². The number of nitrogens with zero attached hydrogens (tertiary/aromatic N) is 2. The molecule has 1 heterocycles. The van der Waals surface area contributed by atoms with Crippen molar-refractivity contribution in [2.75, 3.05) is 6.54 Å². The summed E-state index contributed by atoms with van der Waals surface area (Å²) in [6.45, 7) is 4.12. The van der Waals surface area contributed by atoms with Crippen molar-refractivity contribution in [3.05, 3.63) is 52.7 Å². The maximum absolute atomic E-state index is 5.91. The van der Waals surface area contributed by atoms with Crippen molar-refractivity contribution in [3.8, 4) is 5.88 Å². The van der Waals surface area contributed by atoms with Crippen LogP contribution in [0.3, 0.4) is 0 Å². The van der Waals surface area contributed by atoms with Crippen molar-refractivity contribution in [1.82, 2.24) is 15.5 Å². The first kappa shape index (κ1) is 13.8. The summed E-state index contributed by atoms with van der Waals surface area (Å²) in [6.07, 6.45) is 0. The number of hydrogen-bond donors (Lipinski definition) is 1. The summed E-state index contributed by atoms with van der Waals surface area (Å²) in [7, 11) is 0. The molecule has 0 aliphatic rings. The van der Waals surface area contributed by atoms with Crippen molar-refractivity contribution in [2.24, 2.45) is 0 Å². The highest BCUT2D eigenvalue weighted by molar-refractivity contribution is 6.30. The molecule has 1 N–H and O–H groups in total. The molecule has 0 radical (unpaired) electrons. The third-order valence-electron chi connectivity index (χ3n) is 2.53. The zero-order valence-corrected chi connectivity index (χ0v) is 11.5. The van der Waals surface area contributed by atoms with E-state index in [1.54, 1.807) is 0 Å². The Balaban J connectivity index is 1.89. The van der Waals surface area contributed by atoms with Gasteiger partial charge in [0.15, 0.2) is 0 Å². The third-order valence-corrected chi connectivity index (χ3v) is 2.76. The summed E-state index contributed by atoms with van der Waals surface area (Å²) in [5, 5.41) is 12.0. The Kier molecular flexibility index (Phi) is 5.12. The highest BCUT2D eigenvalue weighted by Gasteiger charge is 2.00. The number of rotatable bonds is 6. The lowest BCUT2D eigenvalue weighted by Crippen LogP contribution is -2.13. The molecule has 0 saturated heterocycles. The fourth-order valence-corrected chi connectivity index (χ4v) is 1.77. The van der Waals surface area contributed by atoms with E-state index in [9.17, 15) is 0 Å². The molecule has 1 aromatic carbocycles. The Morgan fingerprint density at radius 2 is 2.11 bits per heavy atom. The van der Waals surface area contributed by atoms with E-state index < -0.39 is 0 Å². The first-order valence-corrected chi connectivity index (χ1v) is 6.56. The molecule has 1 aromatic heterocycles. The van der Waals surface area contributed by atoms with Gasteiger partial charge in [0.2, 0.25) is 5.88 Å².